The van der Waals surface area contributed by atoms with Gasteiger partial charge in [-0.15, -0.1) is 0 Å². The van der Waals surface area contributed by atoms with E-state index in [-0.39, 0.29) is 23.6 Å². The van der Waals surface area contributed by atoms with Crippen LogP contribution in [0, 0.1) is 10.1 Å². The van der Waals surface area contributed by atoms with Crippen molar-refractivity contribution < 1.29 is 19.2 Å². The van der Waals surface area contributed by atoms with E-state index >= 15 is 0 Å². The van der Waals surface area contributed by atoms with E-state index < -0.39 is 4.92 Å². The molecule has 0 amide bonds. The van der Waals surface area contributed by atoms with Crippen LogP contribution in [0.5, 0.6) is 11.6 Å². The highest BCUT2D eigenvalue weighted by atomic mass is 16.6. The number of nitrogens with one attached hydrogen (secondary N) is 1. The van der Waals surface area contributed by atoms with Crippen LogP contribution < -0.4 is 10.1 Å². The highest BCUT2D eigenvalue weighted by Crippen LogP contribution is 2.36. The van der Waals surface area contributed by atoms with E-state index in [0.717, 1.165) is 17.4 Å². The molecule has 1 aliphatic heterocycles. The molecule has 0 spiro atoms. The number of benzene rings is 1. The van der Waals surface area contributed by atoms with Gasteiger partial charge in [0.25, 0.3) is 5.69 Å². The number of ether oxygens (including phenoxy) is 2. The van der Waals surface area contributed by atoms with Crippen molar-refractivity contribution in [2.24, 2.45) is 0 Å². The van der Waals surface area contributed by atoms with Gasteiger partial charge in [-0.05, 0) is 18.2 Å². The highest BCUT2D eigenvalue weighted by Gasteiger charge is 2.25. The average Bonchev–Trinajstić information content (AvgIpc) is 2.90. The van der Waals surface area contributed by atoms with Gasteiger partial charge in [-0.25, -0.2) is 4.98 Å². The van der Waals surface area contributed by atoms with E-state index in [9.17, 15) is 14.9 Å². The van der Waals surface area contributed by atoms with E-state index in [1.54, 1.807) is 12.1 Å². The molecule has 8 heteroatoms. The average molecular weight is 315 g/mol. The van der Waals surface area contributed by atoms with Crippen molar-refractivity contribution in [3.8, 4) is 11.6 Å². The molecule has 0 bridgehead atoms. The predicted molar refractivity (Wildman–Crippen MR) is 80.4 cm³/mol. The van der Waals surface area contributed by atoms with Gasteiger partial charge in [0.2, 0.25) is 5.88 Å². The molecule has 2 heterocycles. The standard InChI is InChI=1S/C15H13N3O5/c1-9(19)22-14-8-16-13-4-3-11(6-12(13)14)23-15-5-2-10(7-17-15)18(20)21/h2-7,14,16H,8H2,1H3. The molecule has 0 fully saturated rings. The largest absolute Gasteiger partial charge is 0.456 e. The Hall–Kier alpha value is -3.16. The van der Waals surface area contributed by atoms with Crippen molar-refractivity contribution >= 4 is 17.3 Å². The zero-order chi connectivity index (χ0) is 16.4. The number of fused-ring (bicyclic) bond motifs is 1. The van der Waals surface area contributed by atoms with Crippen molar-refractivity contribution in [2.45, 2.75) is 13.0 Å². The van der Waals surface area contributed by atoms with Crippen LogP contribution in [-0.2, 0) is 9.53 Å². The minimum atomic E-state index is -0.526. The molecule has 0 aliphatic carbocycles. The van der Waals surface area contributed by atoms with Crippen LogP contribution in [0.3, 0.4) is 0 Å². The zero-order valence-electron chi connectivity index (χ0n) is 12.2. The molecule has 0 saturated carbocycles. The lowest BCUT2D eigenvalue weighted by molar-refractivity contribution is -0.385. The number of aromatic nitrogens is 1. The molecular weight excluding hydrogens is 302 g/mol. The molecule has 0 saturated heterocycles. The van der Waals surface area contributed by atoms with Crippen LogP contribution in [0.25, 0.3) is 0 Å². The topological polar surface area (TPSA) is 104 Å². The number of rotatable bonds is 4. The summed E-state index contributed by atoms with van der Waals surface area (Å²) in [6.45, 7) is 1.87. The van der Waals surface area contributed by atoms with Crippen LogP contribution in [0.1, 0.15) is 18.6 Å². The first-order valence-electron chi connectivity index (χ1n) is 6.86. The Labute approximate surface area is 131 Å². The molecule has 23 heavy (non-hydrogen) atoms. The van der Waals surface area contributed by atoms with E-state index in [2.05, 4.69) is 10.3 Å². The van der Waals surface area contributed by atoms with Gasteiger partial charge in [-0.2, -0.15) is 0 Å². The molecule has 1 aromatic heterocycles. The van der Waals surface area contributed by atoms with Crippen molar-refractivity contribution in [3.05, 3.63) is 52.2 Å². The molecule has 1 unspecified atom stereocenters. The van der Waals surface area contributed by atoms with E-state index in [4.69, 9.17) is 9.47 Å². The van der Waals surface area contributed by atoms with E-state index in [1.165, 1.54) is 19.1 Å². The fourth-order valence-corrected chi connectivity index (χ4v) is 2.31. The number of esters is 1. The number of pyridine rings is 1. The van der Waals surface area contributed by atoms with Crippen LogP contribution >= 0.6 is 0 Å². The van der Waals surface area contributed by atoms with E-state index in [0.29, 0.717) is 12.3 Å². The first kappa shape index (κ1) is 14.8. The Kier molecular flexibility index (Phi) is 3.80. The lowest BCUT2D eigenvalue weighted by Crippen LogP contribution is -2.10. The maximum atomic E-state index is 11.1. The van der Waals surface area contributed by atoms with Gasteiger partial charge in [0.15, 0.2) is 0 Å². The quantitative estimate of drug-likeness (QED) is 0.525. The normalized spacial score (nSPS) is 15.4. The number of carbonyl (C=O) groups excluding carboxylic acids is 1. The fraction of sp³-hybridized carbons (Fsp3) is 0.200. The Bertz CT molecular complexity index is 760. The maximum absolute atomic E-state index is 11.1. The number of hydrogen-bond acceptors (Lipinski definition) is 7. The van der Waals surface area contributed by atoms with Gasteiger partial charge in [-0.1, -0.05) is 0 Å². The summed E-state index contributed by atoms with van der Waals surface area (Å²) in [7, 11) is 0. The van der Waals surface area contributed by atoms with E-state index in [1.807, 2.05) is 6.07 Å². The SMILES string of the molecule is CC(=O)OC1CNc2ccc(Oc3ccc([N+](=O)[O-])cn3)cc21. The molecule has 1 aliphatic rings. The number of nitrogens with zero attached hydrogens (tertiary/aromatic N) is 2. The predicted octanol–water partition coefficient (Wildman–Crippen LogP) is 2.81. The first-order valence-corrected chi connectivity index (χ1v) is 6.86. The molecular formula is C15H13N3O5. The molecule has 1 N–H and O–H groups in total. The number of carbonyl (C=O) groups is 1. The molecule has 3 rings (SSSR count). The van der Waals surface area contributed by atoms with Crippen LogP contribution in [0.2, 0.25) is 0 Å². The number of nitro groups is 1. The second-order valence-electron chi connectivity index (χ2n) is 4.94. The van der Waals surface area contributed by atoms with Crippen molar-refractivity contribution in [1.29, 1.82) is 0 Å². The Morgan fingerprint density at radius 1 is 1.39 bits per heavy atom. The summed E-state index contributed by atoms with van der Waals surface area (Å²) in [6.07, 6.45) is 0.766. The fourth-order valence-electron chi connectivity index (χ4n) is 2.31. The summed E-state index contributed by atoms with van der Waals surface area (Å²) in [5, 5.41) is 13.7. The molecule has 2 aromatic rings. The summed E-state index contributed by atoms with van der Waals surface area (Å²) in [4.78, 5) is 25.1. The summed E-state index contributed by atoms with van der Waals surface area (Å²) in [5.41, 5.74) is 1.59. The van der Waals surface area contributed by atoms with Gasteiger partial charge in [-0.3, -0.25) is 14.9 Å². The summed E-state index contributed by atoms with van der Waals surface area (Å²) in [5.74, 6) is 0.393. The molecule has 0 radical (unpaired) electrons. The smallest absolute Gasteiger partial charge is 0.303 e. The second-order valence-corrected chi connectivity index (χ2v) is 4.94. The third-order valence-corrected chi connectivity index (χ3v) is 3.31. The van der Waals surface area contributed by atoms with Crippen molar-refractivity contribution in [1.82, 2.24) is 4.98 Å². The Morgan fingerprint density at radius 3 is 2.87 bits per heavy atom. The van der Waals surface area contributed by atoms with Gasteiger partial charge >= 0.3 is 5.97 Å². The lowest BCUT2D eigenvalue weighted by atomic mass is 10.1. The van der Waals surface area contributed by atoms with Crippen molar-refractivity contribution in [2.75, 3.05) is 11.9 Å². The number of anilines is 1. The van der Waals surface area contributed by atoms with Crippen molar-refractivity contribution in [3.63, 3.8) is 0 Å². The number of hydrogen-bond donors (Lipinski definition) is 1. The monoisotopic (exact) mass is 315 g/mol. The molecule has 1 aromatic carbocycles. The van der Waals surface area contributed by atoms with Gasteiger partial charge in [0.05, 0.1) is 11.5 Å². The van der Waals surface area contributed by atoms with Crippen LogP contribution in [0.15, 0.2) is 36.5 Å². The van der Waals surface area contributed by atoms with Gasteiger partial charge < -0.3 is 14.8 Å². The minimum absolute atomic E-state index is 0.106. The molecule has 1 atom stereocenters. The summed E-state index contributed by atoms with van der Waals surface area (Å²) >= 11 is 0. The highest BCUT2D eigenvalue weighted by molar-refractivity contribution is 5.68. The van der Waals surface area contributed by atoms with Gasteiger partial charge in [0, 0.05) is 30.3 Å². The first-order chi connectivity index (χ1) is 11.0. The Morgan fingerprint density at radius 2 is 2.22 bits per heavy atom. The van der Waals surface area contributed by atoms with Crippen LogP contribution in [0.4, 0.5) is 11.4 Å². The maximum Gasteiger partial charge on any atom is 0.303 e. The second kappa shape index (κ2) is 5.91. The Balaban J connectivity index is 1.79. The minimum Gasteiger partial charge on any atom is -0.456 e. The third-order valence-electron chi connectivity index (χ3n) is 3.31. The van der Waals surface area contributed by atoms with Crippen LogP contribution in [-0.4, -0.2) is 22.4 Å². The third kappa shape index (κ3) is 3.20. The summed E-state index contributed by atoms with van der Waals surface area (Å²) in [6, 6.07) is 8.06. The molecule has 118 valence electrons. The lowest BCUT2D eigenvalue weighted by Gasteiger charge is -2.11. The summed E-state index contributed by atoms with van der Waals surface area (Å²) < 4.78 is 10.8. The molecule has 8 nitrogen and oxygen atoms in total. The zero-order valence-corrected chi connectivity index (χ0v) is 12.2. The van der Waals surface area contributed by atoms with Gasteiger partial charge in [0.1, 0.15) is 18.1 Å².